The highest BCUT2D eigenvalue weighted by atomic mass is 16.6. The highest BCUT2D eigenvalue weighted by Crippen LogP contribution is 2.26. The van der Waals surface area contributed by atoms with Crippen LogP contribution in [0.25, 0.3) is 0 Å². The molecule has 1 rings (SSSR count). The lowest BCUT2D eigenvalue weighted by atomic mass is 9.86. The van der Waals surface area contributed by atoms with Gasteiger partial charge in [-0.25, -0.2) is 0 Å². The number of nitrogens with zero attached hydrogens (tertiary/aromatic N) is 1. The normalized spacial score (nSPS) is 25.9. The summed E-state index contributed by atoms with van der Waals surface area (Å²) in [6.07, 6.45) is 0.282. The van der Waals surface area contributed by atoms with E-state index in [2.05, 4.69) is 0 Å². The molecule has 1 fully saturated rings. The first kappa shape index (κ1) is 14.0. The standard InChI is InChI=1S/C13H23NO3/c1-6-14-8-9(2)10(7-11(14)15)12(16)17-13(3,4)5/h9-10H,6-8H2,1-5H3. The maximum Gasteiger partial charge on any atom is 0.310 e. The number of piperidine rings is 1. The van der Waals surface area contributed by atoms with Crippen molar-refractivity contribution in [3.8, 4) is 0 Å². The molecule has 2 unspecified atom stereocenters. The first-order chi connectivity index (χ1) is 7.74. The Morgan fingerprint density at radius 3 is 2.53 bits per heavy atom. The lowest BCUT2D eigenvalue weighted by Crippen LogP contribution is -2.46. The van der Waals surface area contributed by atoms with Crippen LogP contribution in [0.1, 0.15) is 41.0 Å². The summed E-state index contributed by atoms with van der Waals surface area (Å²) in [5.41, 5.74) is -0.484. The van der Waals surface area contributed by atoms with Gasteiger partial charge in [0, 0.05) is 19.5 Å². The smallest absolute Gasteiger partial charge is 0.310 e. The first-order valence-corrected chi connectivity index (χ1v) is 6.25. The van der Waals surface area contributed by atoms with Gasteiger partial charge in [0.05, 0.1) is 5.92 Å². The lowest BCUT2D eigenvalue weighted by Gasteiger charge is -2.36. The van der Waals surface area contributed by atoms with Gasteiger partial charge in [-0.05, 0) is 33.6 Å². The Balaban J connectivity index is 2.67. The monoisotopic (exact) mass is 241 g/mol. The molecule has 0 aromatic heterocycles. The van der Waals surface area contributed by atoms with Crippen LogP contribution in [-0.2, 0) is 14.3 Å². The molecule has 0 radical (unpaired) electrons. The van der Waals surface area contributed by atoms with Crippen LogP contribution < -0.4 is 0 Å². The van der Waals surface area contributed by atoms with Crippen molar-refractivity contribution in [2.45, 2.75) is 46.6 Å². The summed E-state index contributed by atoms with van der Waals surface area (Å²) in [6, 6.07) is 0. The van der Waals surface area contributed by atoms with Crippen molar-refractivity contribution in [3.05, 3.63) is 0 Å². The summed E-state index contributed by atoms with van der Waals surface area (Å²) in [5.74, 6) is -0.303. The molecule has 2 atom stereocenters. The lowest BCUT2D eigenvalue weighted by molar-refractivity contribution is -0.167. The second-order valence-electron chi connectivity index (χ2n) is 5.75. The fourth-order valence-corrected chi connectivity index (χ4v) is 2.09. The number of hydrogen-bond donors (Lipinski definition) is 0. The van der Waals surface area contributed by atoms with E-state index in [1.807, 2.05) is 34.6 Å². The predicted molar refractivity (Wildman–Crippen MR) is 65.4 cm³/mol. The van der Waals surface area contributed by atoms with E-state index in [4.69, 9.17) is 4.74 Å². The van der Waals surface area contributed by atoms with Crippen LogP contribution in [-0.4, -0.2) is 35.5 Å². The third kappa shape index (κ3) is 3.72. The topological polar surface area (TPSA) is 46.6 Å². The number of likely N-dealkylation sites (tertiary alicyclic amines) is 1. The molecule has 1 saturated heterocycles. The van der Waals surface area contributed by atoms with Gasteiger partial charge >= 0.3 is 5.97 Å². The molecule has 0 aliphatic carbocycles. The molecule has 0 aromatic rings. The summed E-state index contributed by atoms with van der Waals surface area (Å²) < 4.78 is 5.36. The van der Waals surface area contributed by atoms with E-state index in [1.54, 1.807) is 4.90 Å². The molecule has 0 N–H and O–H groups in total. The summed E-state index contributed by atoms with van der Waals surface area (Å²) >= 11 is 0. The second-order valence-corrected chi connectivity index (χ2v) is 5.75. The van der Waals surface area contributed by atoms with Gasteiger partial charge in [-0.1, -0.05) is 6.92 Å². The Bertz CT molecular complexity index is 306. The summed E-state index contributed by atoms with van der Waals surface area (Å²) in [5, 5.41) is 0. The SMILES string of the molecule is CCN1CC(C)C(C(=O)OC(C)(C)C)CC1=O. The largest absolute Gasteiger partial charge is 0.460 e. The Morgan fingerprint density at radius 1 is 1.47 bits per heavy atom. The van der Waals surface area contributed by atoms with Crippen molar-refractivity contribution in [2.75, 3.05) is 13.1 Å². The Labute approximate surface area is 103 Å². The van der Waals surface area contributed by atoms with Gasteiger partial charge in [0.25, 0.3) is 0 Å². The van der Waals surface area contributed by atoms with Gasteiger partial charge in [-0.2, -0.15) is 0 Å². The molecule has 17 heavy (non-hydrogen) atoms. The van der Waals surface area contributed by atoms with Crippen LogP contribution in [0.5, 0.6) is 0 Å². The molecule has 0 bridgehead atoms. The molecule has 1 heterocycles. The van der Waals surface area contributed by atoms with Crippen LogP contribution in [0.3, 0.4) is 0 Å². The van der Waals surface area contributed by atoms with Crippen molar-refractivity contribution in [1.29, 1.82) is 0 Å². The molecule has 4 heteroatoms. The number of ether oxygens (including phenoxy) is 1. The summed E-state index contributed by atoms with van der Waals surface area (Å²) in [4.78, 5) is 25.5. The van der Waals surface area contributed by atoms with Crippen LogP contribution in [0.4, 0.5) is 0 Å². The quantitative estimate of drug-likeness (QED) is 0.693. The molecule has 0 saturated carbocycles. The van der Waals surface area contributed by atoms with Crippen LogP contribution in [0.2, 0.25) is 0 Å². The van der Waals surface area contributed by atoms with E-state index in [-0.39, 0.29) is 30.1 Å². The van der Waals surface area contributed by atoms with Gasteiger partial charge in [0.2, 0.25) is 5.91 Å². The highest BCUT2D eigenvalue weighted by Gasteiger charge is 2.37. The average molecular weight is 241 g/mol. The van der Waals surface area contributed by atoms with Crippen molar-refractivity contribution < 1.29 is 14.3 Å². The van der Waals surface area contributed by atoms with E-state index in [9.17, 15) is 9.59 Å². The number of hydrogen-bond acceptors (Lipinski definition) is 3. The van der Waals surface area contributed by atoms with E-state index >= 15 is 0 Å². The zero-order valence-electron chi connectivity index (χ0n) is 11.4. The third-order valence-electron chi connectivity index (χ3n) is 3.03. The Morgan fingerprint density at radius 2 is 2.06 bits per heavy atom. The fourth-order valence-electron chi connectivity index (χ4n) is 2.09. The van der Waals surface area contributed by atoms with E-state index < -0.39 is 5.60 Å². The fraction of sp³-hybridized carbons (Fsp3) is 0.846. The van der Waals surface area contributed by atoms with Crippen molar-refractivity contribution in [1.82, 2.24) is 4.90 Å². The minimum Gasteiger partial charge on any atom is -0.460 e. The van der Waals surface area contributed by atoms with Crippen LogP contribution in [0, 0.1) is 11.8 Å². The molecule has 0 spiro atoms. The maximum atomic E-state index is 12.0. The zero-order valence-corrected chi connectivity index (χ0v) is 11.4. The van der Waals surface area contributed by atoms with E-state index in [0.29, 0.717) is 13.1 Å². The maximum absolute atomic E-state index is 12.0. The number of carbonyl (C=O) groups excluding carboxylic acids is 2. The minimum atomic E-state index is -0.484. The highest BCUT2D eigenvalue weighted by molar-refractivity contribution is 5.84. The minimum absolute atomic E-state index is 0.0569. The number of rotatable bonds is 2. The summed E-state index contributed by atoms with van der Waals surface area (Å²) in [7, 11) is 0. The molecular weight excluding hydrogens is 218 g/mol. The van der Waals surface area contributed by atoms with E-state index in [0.717, 1.165) is 0 Å². The van der Waals surface area contributed by atoms with Gasteiger partial charge in [-0.3, -0.25) is 9.59 Å². The Hall–Kier alpha value is -1.06. The first-order valence-electron chi connectivity index (χ1n) is 6.25. The number of esters is 1. The third-order valence-corrected chi connectivity index (χ3v) is 3.03. The van der Waals surface area contributed by atoms with Crippen LogP contribution in [0.15, 0.2) is 0 Å². The van der Waals surface area contributed by atoms with Gasteiger partial charge < -0.3 is 9.64 Å². The second kappa shape index (κ2) is 5.07. The van der Waals surface area contributed by atoms with Crippen LogP contribution >= 0.6 is 0 Å². The molecular formula is C13H23NO3. The zero-order chi connectivity index (χ0) is 13.2. The molecule has 1 aliphatic heterocycles. The van der Waals surface area contributed by atoms with Gasteiger partial charge in [0.15, 0.2) is 0 Å². The van der Waals surface area contributed by atoms with Crippen molar-refractivity contribution in [2.24, 2.45) is 11.8 Å². The summed E-state index contributed by atoms with van der Waals surface area (Å²) in [6.45, 7) is 10.9. The van der Waals surface area contributed by atoms with Gasteiger partial charge in [-0.15, -0.1) is 0 Å². The Kier molecular flexibility index (Phi) is 4.17. The van der Waals surface area contributed by atoms with Crippen molar-refractivity contribution >= 4 is 11.9 Å². The predicted octanol–water partition coefficient (Wildman–Crippen LogP) is 1.83. The molecule has 1 amide bonds. The number of amides is 1. The average Bonchev–Trinajstić information content (AvgIpc) is 2.18. The van der Waals surface area contributed by atoms with Gasteiger partial charge in [0.1, 0.15) is 5.60 Å². The molecule has 98 valence electrons. The molecule has 0 aromatic carbocycles. The molecule has 1 aliphatic rings. The van der Waals surface area contributed by atoms with E-state index in [1.165, 1.54) is 0 Å². The molecule has 4 nitrogen and oxygen atoms in total. The van der Waals surface area contributed by atoms with Crippen molar-refractivity contribution in [3.63, 3.8) is 0 Å². The number of carbonyl (C=O) groups is 2.